The Labute approximate surface area is 100 Å². The number of nitrogen functional groups attached to an aromatic ring is 3. The molecule has 4 amide bonds. The lowest BCUT2D eigenvalue weighted by Gasteiger charge is -2.09. The normalized spacial score (nSPS) is 14.1. The van der Waals surface area contributed by atoms with E-state index in [2.05, 4.69) is 15.0 Å². The fourth-order valence-corrected chi connectivity index (χ4v) is 0.946. The van der Waals surface area contributed by atoms with E-state index in [0.29, 0.717) is 0 Å². The van der Waals surface area contributed by atoms with E-state index in [-0.39, 0.29) is 24.3 Å². The predicted molar refractivity (Wildman–Crippen MR) is 59.4 cm³/mol. The Kier molecular flexibility index (Phi) is 3.91. The van der Waals surface area contributed by atoms with Gasteiger partial charge in [-0.25, -0.2) is 4.79 Å². The second kappa shape index (κ2) is 5.38. The summed E-state index contributed by atoms with van der Waals surface area (Å²) in [7, 11) is 0. The van der Waals surface area contributed by atoms with E-state index in [4.69, 9.17) is 17.2 Å². The Balaban J connectivity index is 0.000000180. The highest BCUT2D eigenvalue weighted by molar-refractivity contribution is 6.14. The first-order valence-corrected chi connectivity index (χ1v) is 4.53. The first kappa shape index (κ1) is 13.1. The van der Waals surface area contributed by atoms with Crippen LogP contribution in [0, 0.1) is 0 Å². The number of nitrogens with zero attached hydrogens (tertiary/aromatic N) is 3. The number of urea groups is 1. The standard InChI is InChI=1S/C4H4N2O3.C3H6N6/c7-2-1-3(8)6-4(9)5-2;4-1-7-2(5)9-3(6)8-1/h1H2,(H2,5,6,7,8,9);(H6,4,5,6,7,8,9). The first-order valence-electron chi connectivity index (χ1n) is 4.53. The molecule has 96 valence electrons. The number of nitrogens with two attached hydrogens (primary N) is 3. The van der Waals surface area contributed by atoms with Crippen LogP contribution in [0.3, 0.4) is 0 Å². The lowest BCUT2D eigenvalue weighted by atomic mass is 10.3. The van der Waals surface area contributed by atoms with Gasteiger partial charge in [-0.1, -0.05) is 0 Å². The predicted octanol–water partition coefficient (Wildman–Crippen LogP) is -2.64. The van der Waals surface area contributed by atoms with Gasteiger partial charge in [0.1, 0.15) is 6.42 Å². The molecule has 11 heteroatoms. The Morgan fingerprint density at radius 2 is 1.11 bits per heavy atom. The molecule has 1 aliphatic rings. The van der Waals surface area contributed by atoms with Gasteiger partial charge in [-0.05, 0) is 0 Å². The zero-order valence-electron chi connectivity index (χ0n) is 9.01. The number of imide groups is 2. The summed E-state index contributed by atoms with van der Waals surface area (Å²) in [5.74, 6) is -0.979. The topological polar surface area (TPSA) is 192 Å². The maximum atomic E-state index is 10.3. The monoisotopic (exact) mass is 254 g/mol. The lowest BCUT2D eigenvalue weighted by Crippen LogP contribution is -2.49. The molecule has 1 saturated heterocycles. The molecule has 1 fully saturated rings. The average Bonchev–Trinajstić information content (AvgIpc) is 2.12. The molecular weight excluding hydrogens is 244 g/mol. The van der Waals surface area contributed by atoms with Crippen molar-refractivity contribution in [3.8, 4) is 0 Å². The highest BCUT2D eigenvalue weighted by Gasteiger charge is 2.20. The van der Waals surface area contributed by atoms with Crippen molar-refractivity contribution in [3.63, 3.8) is 0 Å². The summed E-state index contributed by atoms with van der Waals surface area (Å²) in [6.07, 6.45) is -0.258. The average molecular weight is 254 g/mol. The van der Waals surface area contributed by atoms with Gasteiger partial charge in [0.2, 0.25) is 29.7 Å². The summed E-state index contributed by atoms with van der Waals surface area (Å²) in [6.45, 7) is 0. The third kappa shape index (κ3) is 4.26. The molecule has 11 nitrogen and oxygen atoms in total. The van der Waals surface area contributed by atoms with E-state index < -0.39 is 17.8 Å². The van der Waals surface area contributed by atoms with Crippen molar-refractivity contribution in [1.29, 1.82) is 0 Å². The quantitative estimate of drug-likeness (QED) is 0.307. The van der Waals surface area contributed by atoms with Crippen LogP contribution >= 0.6 is 0 Å². The van der Waals surface area contributed by atoms with E-state index in [1.165, 1.54) is 0 Å². The Morgan fingerprint density at radius 3 is 1.39 bits per heavy atom. The molecule has 0 radical (unpaired) electrons. The Bertz CT molecular complexity index is 406. The van der Waals surface area contributed by atoms with Gasteiger partial charge in [0.25, 0.3) is 0 Å². The van der Waals surface area contributed by atoms with Crippen molar-refractivity contribution >= 4 is 35.7 Å². The van der Waals surface area contributed by atoms with Crippen LogP contribution in [0.4, 0.5) is 22.6 Å². The molecule has 8 N–H and O–H groups in total. The minimum atomic E-state index is -0.740. The molecular formula is C7H10N8O3. The van der Waals surface area contributed by atoms with Crippen molar-refractivity contribution in [1.82, 2.24) is 25.6 Å². The van der Waals surface area contributed by atoms with Crippen LogP contribution in [0.25, 0.3) is 0 Å². The maximum absolute atomic E-state index is 10.3. The Hall–Kier alpha value is -2.98. The number of barbiturate groups is 1. The fraction of sp³-hybridized carbons (Fsp3) is 0.143. The zero-order chi connectivity index (χ0) is 13.7. The molecule has 0 aliphatic carbocycles. The molecule has 1 aromatic heterocycles. The van der Waals surface area contributed by atoms with E-state index >= 15 is 0 Å². The van der Waals surface area contributed by atoms with Crippen molar-refractivity contribution in [2.24, 2.45) is 0 Å². The van der Waals surface area contributed by atoms with E-state index in [1.807, 2.05) is 10.6 Å². The van der Waals surface area contributed by atoms with Crippen LogP contribution < -0.4 is 27.8 Å². The molecule has 0 unspecified atom stereocenters. The third-order valence-electron chi connectivity index (χ3n) is 1.51. The summed E-state index contributed by atoms with van der Waals surface area (Å²) in [4.78, 5) is 41.3. The smallest absolute Gasteiger partial charge is 0.328 e. The SMILES string of the molecule is Nc1nc(N)nc(N)n1.O=C1CC(=O)NC(=O)N1. The minimum absolute atomic E-state index is 0.0417. The molecule has 0 spiro atoms. The number of anilines is 3. The van der Waals surface area contributed by atoms with E-state index in [1.54, 1.807) is 0 Å². The van der Waals surface area contributed by atoms with Gasteiger partial charge in [0, 0.05) is 0 Å². The molecule has 0 atom stereocenters. The molecule has 18 heavy (non-hydrogen) atoms. The number of amides is 4. The molecule has 1 aromatic rings. The second-order valence-electron chi connectivity index (χ2n) is 3.01. The highest BCUT2D eigenvalue weighted by Crippen LogP contribution is 1.97. The fourth-order valence-electron chi connectivity index (χ4n) is 0.946. The summed E-state index contributed by atoms with van der Waals surface area (Å²) < 4.78 is 0. The maximum Gasteiger partial charge on any atom is 0.328 e. The molecule has 2 heterocycles. The minimum Gasteiger partial charge on any atom is -0.368 e. The van der Waals surface area contributed by atoms with E-state index in [9.17, 15) is 14.4 Å². The van der Waals surface area contributed by atoms with Crippen molar-refractivity contribution < 1.29 is 14.4 Å². The number of carbonyl (C=O) groups is 3. The van der Waals surface area contributed by atoms with Gasteiger partial charge < -0.3 is 17.2 Å². The molecule has 0 aromatic carbocycles. The first-order chi connectivity index (χ1) is 8.36. The van der Waals surface area contributed by atoms with Gasteiger partial charge in [-0.3, -0.25) is 20.2 Å². The van der Waals surface area contributed by atoms with Crippen molar-refractivity contribution in [3.05, 3.63) is 0 Å². The van der Waals surface area contributed by atoms with Crippen LogP contribution in [-0.2, 0) is 9.59 Å². The van der Waals surface area contributed by atoms with Crippen LogP contribution in [-0.4, -0.2) is 32.8 Å². The Morgan fingerprint density at radius 1 is 0.778 bits per heavy atom. The zero-order valence-corrected chi connectivity index (χ0v) is 9.01. The highest BCUT2D eigenvalue weighted by atomic mass is 16.2. The third-order valence-corrected chi connectivity index (χ3v) is 1.51. The van der Waals surface area contributed by atoms with Crippen molar-refractivity contribution in [2.75, 3.05) is 17.2 Å². The molecule has 2 rings (SSSR count). The number of nitrogens with one attached hydrogen (secondary N) is 2. The van der Waals surface area contributed by atoms with Gasteiger partial charge >= 0.3 is 6.03 Å². The number of carbonyl (C=O) groups excluding carboxylic acids is 3. The van der Waals surface area contributed by atoms with Gasteiger partial charge in [0.15, 0.2) is 0 Å². The summed E-state index contributed by atoms with van der Waals surface area (Å²) in [6, 6.07) is -0.740. The number of hydrogen-bond acceptors (Lipinski definition) is 9. The second-order valence-corrected chi connectivity index (χ2v) is 3.01. The molecule has 1 aliphatic heterocycles. The summed E-state index contributed by atoms with van der Waals surface area (Å²) >= 11 is 0. The molecule has 0 saturated carbocycles. The van der Waals surface area contributed by atoms with E-state index in [0.717, 1.165) is 0 Å². The van der Waals surface area contributed by atoms with Crippen LogP contribution in [0.1, 0.15) is 6.42 Å². The van der Waals surface area contributed by atoms with Gasteiger partial charge in [-0.15, -0.1) is 0 Å². The number of aromatic nitrogens is 3. The van der Waals surface area contributed by atoms with Crippen molar-refractivity contribution in [2.45, 2.75) is 6.42 Å². The largest absolute Gasteiger partial charge is 0.368 e. The van der Waals surface area contributed by atoms with Crippen LogP contribution in [0.5, 0.6) is 0 Å². The van der Waals surface area contributed by atoms with Crippen LogP contribution in [0.2, 0.25) is 0 Å². The van der Waals surface area contributed by atoms with Gasteiger partial charge in [0.05, 0.1) is 0 Å². The van der Waals surface area contributed by atoms with Crippen LogP contribution in [0.15, 0.2) is 0 Å². The summed E-state index contributed by atoms with van der Waals surface area (Å²) in [5, 5.41) is 3.80. The number of hydrogen-bond donors (Lipinski definition) is 5. The number of rotatable bonds is 0. The molecule has 0 bridgehead atoms. The lowest BCUT2D eigenvalue weighted by molar-refractivity contribution is -0.129. The van der Waals surface area contributed by atoms with Gasteiger partial charge in [-0.2, -0.15) is 15.0 Å². The summed E-state index contributed by atoms with van der Waals surface area (Å²) in [5.41, 5.74) is 15.4.